The van der Waals surface area contributed by atoms with Crippen LogP contribution >= 0.6 is 0 Å². The Morgan fingerprint density at radius 1 is 1.20 bits per heavy atom. The van der Waals surface area contributed by atoms with E-state index in [1.165, 1.54) is 5.56 Å². The van der Waals surface area contributed by atoms with Crippen molar-refractivity contribution in [3.8, 4) is 0 Å². The molecule has 0 saturated carbocycles. The molecule has 1 aromatic heterocycles. The number of carbonyl (C=O) groups is 1. The molecule has 25 heavy (non-hydrogen) atoms. The van der Waals surface area contributed by atoms with Gasteiger partial charge in [-0.15, -0.1) is 0 Å². The Morgan fingerprint density at radius 2 is 2.00 bits per heavy atom. The van der Waals surface area contributed by atoms with Crippen LogP contribution in [0.1, 0.15) is 33.5 Å². The van der Waals surface area contributed by atoms with Crippen molar-refractivity contribution in [2.24, 2.45) is 5.92 Å². The Hall–Kier alpha value is -2.20. The first-order valence-electron chi connectivity index (χ1n) is 9.10. The normalized spacial score (nSPS) is 23.0. The molecule has 4 nitrogen and oxygen atoms in total. The van der Waals surface area contributed by atoms with Crippen LogP contribution < -0.4 is 0 Å². The second kappa shape index (κ2) is 6.60. The van der Waals surface area contributed by atoms with Gasteiger partial charge >= 0.3 is 0 Å². The van der Waals surface area contributed by atoms with Crippen LogP contribution in [0.25, 0.3) is 0 Å². The summed E-state index contributed by atoms with van der Waals surface area (Å²) in [5.41, 5.74) is 4.39. The van der Waals surface area contributed by atoms with Crippen LogP contribution in [-0.4, -0.2) is 46.4 Å². The van der Waals surface area contributed by atoms with Gasteiger partial charge in [-0.05, 0) is 49.9 Å². The summed E-state index contributed by atoms with van der Waals surface area (Å²) in [5.74, 6) is 0.800. The molecule has 2 fully saturated rings. The van der Waals surface area contributed by atoms with Gasteiger partial charge in [0.1, 0.15) is 0 Å². The number of amides is 1. The van der Waals surface area contributed by atoms with Crippen LogP contribution in [0.2, 0.25) is 0 Å². The van der Waals surface area contributed by atoms with Crippen molar-refractivity contribution in [1.29, 1.82) is 0 Å². The molecule has 130 valence electrons. The van der Waals surface area contributed by atoms with Crippen molar-refractivity contribution in [2.75, 3.05) is 19.6 Å². The van der Waals surface area contributed by atoms with E-state index in [4.69, 9.17) is 0 Å². The lowest BCUT2D eigenvalue weighted by atomic mass is 10.0. The summed E-state index contributed by atoms with van der Waals surface area (Å²) >= 11 is 0. The number of fused-ring (bicyclic) bond motifs is 1. The van der Waals surface area contributed by atoms with Crippen molar-refractivity contribution < 1.29 is 4.79 Å². The Balaban J connectivity index is 1.47. The van der Waals surface area contributed by atoms with Gasteiger partial charge in [-0.2, -0.15) is 0 Å². The third kappa shape index (κ3) is 3.31. The molecule has 2 aromatic rings. The number of pyridine rings is 1. The van der Waals surface area contributed by atoms with E-state index in [0.717, 1.165) is 49.3 Å². The van der Waals surface area contributed by atoms with Crippen molar-refractivity contribution >= 4 is 5.91 Å². The van der Waals surface area contributed by atoms with Gasteiger partial charge in [-0.25, -0.2) is 0 Å². The first-order valence-corrected chi connectivity index (χ1v) is 9.10. The van der Waals surface area contributed by atoms with Crippen molar-refractivity contribution in [1.82, 2.24) is 14.8 Å². The average Bonchev–Trinajstić information content (AvgIpc) is 3.14. The van der Waals surface area contributed by atoms with Crippen LogP contribution in [0.4, 0.5) is 0 Å². The fourth-order valence-corrected chi connectivity index (χ4v) is 4.44. The number of benzene rings is 1. The van der Waals surface area contributed by atoms with Gasteiger partial charge in [-0.3, -0.25) is 14.7 Å². The summed E-state index contributed by atoms with van der Waals surface area (Å²) in [7, 11) is 0. The van der Waals surface area contributed by atoms with Crippen LogP contribution in [0, 0.1) is 19.8 Å². The van der Waals surface area contributed by atoms with Crippen LogP contribution in [0.5, 0.6) is 0 Å². The zero-order valence-electron chi connectivity index (χ0n) is 15.0. The largest absolute Gasteiger partial charge is 0.334 e. The van der Waals surface area contributed by atoms with Gasteiger partial charge in [0.15, 0.2) is 0 Å². The Labute approximate surface area is 149 Å². The molecule has 2 aliphatic rings. The molecule has 3 heterocycles. The molecule has 2 aliphatic heterocycles. The van der Waals surface area contributed by atoms with Gasteiger partial charge in [0.2, 0.25) is 0 Å². The van der Waals surface area contributed by atoms with Gasteiger partial charge in [0, 0.05) is 50.2 Å². The zero-order valence-corrected chi connectivity index (χ0v) is 15.0. The zero-order chi connectivity index (χ0) is 17.4. The van der Waals surface area contributed by atoms with E-state index in [1.54, 1.807) is 0 Å². The molecule has 0 radical (unpaired) electrons. The number of nitrogens with zero attached hydrogens (tertiary/aromatic N) is 3. The first kappa shape index (κ1) is 16.3. The van der Waals surface area contributed by atoms with E-state index in [0.29, 0.717) is 12.0 Å². The standard InChI is InChI=1S/C21H25N3O/c1-15-8-16(2)10-19(9-15)21(25)24-7-5-18-13-23(14-20(18)24)12-17-4-3-6-22-11-17/h3-4,6,8-11,18,20H,5,7,12-14H2,1-2H3/t18-,20-/m1/s1. The molecule has 1 aromatic carbocycles. The van der Waals surface area contributed by atoms with Gasteiger partial charge in [-0.1, -0.05) is 23.3 Å². The first-order chi connectivity index (χ1) is 12.1. The molecule has 4 rings (SSSR count). The van der Waals surface area contributed by atoms with E-state index in [2.05, 4.69) is 40.8 Å². The van der Waals surface area contributed by atoms with Gasteiger partial charge < -0.3 is 4.90 Å². The fourth-order valence-electron chi connectivity index (χ4n) is 4.44. The Kier molecular flexibility index (Phi) is 4.30. The third-order valence-electron chi connectivity index (χ3n) is 5.48. The van der Waals surface area contributed by atoms with E-state index >= 15 is 0 Å². The van der Waals surface area contributed by atoms with Crippen molar-refractivity contribution in [3.63, 3.8) is 0 Å². The minimum absolute atomic E-state index is 0.197. The number of hydrogen-bond acceptors (Lipinski definition) is 3. The maximum Gasteiger partial charge on any atom is 0.254 e. The van der Waals surface area contributed by atoms with E-state index in [-0.39, 0.29) is 5.91 Å². The van der Waals surface area contributed by atoms with E-state index < -0.39 is 0 Å². The molecular formula is C21H25N3O. The average molecular weight is 335 g/mol. The molecular weight excluding hydrogens is 310 g/mol. The molecule has 0 bridgehead atoms. The lowest BCUT2D eigenvalue weighted by Gasteiger charge is -2.25. The molecule has 2 saturated heterocycles. The highest BCUT2D eigenvalue weighted by atomic mass is 16.2. The summed E-state index contributed by atoms with van der Waals surface area (Å²) in [4.78, 5) is 21.8. The predicted molar refractivity (Wildman–Crippen MR) is 98.4 cm³/mol. The maximum absolute atomic E-state index is 13.1. The maximum atomic E-state index is 13.1. The third-order valence-corrected chi connectivity index (χ3v) is 5.48. The quantitative estimate of drug-likeness (QED) is 0.865. The molecule has 1 amide bonds. The van der Waals surface area contributed by atoms with E-state index in [1.807, 2.05) is 30.6 Å². The number of hydrogen-bond donors (Lipinski definition) is 0. The van der Waals surface area contributed by atoms with Crippen molar-refractivity contribution in [3.05, 3.63) is 65.0 Å². The highest BCUT2D eigenvalue weighted by Crippen LogP contribution is 2.33. The highest BCUT2D eigenvalue weighted by Gasteiger charge is 2.43. The number of aromatic nitrogens is 1. The SMILES string of the molecule is Cc1cc(C)cc(C(=O)N2CC[C@@H]3CN(Cc4cccnc4)C[C@H]32)c1. The van der Waals surface area contributed by atoms with Crippen LogP contribution in [0.15, 0.2) is 42.7 Å². The molecule has 2 atom stereocenters. The number of likely N-dealkylation sites (tertiary alicyclic amines) is 2. The Morgan fingerprint density at radius 3 is 2.72 bits per heavy atom. The Bertz CT molecular complexity index is 754. The number of rotatable bonds is 3. The lowest BCUT2D eigenvalue weighted by molar-refractivity contribution is 0.0726. The minimum atomic E-state index is 0.197. The predicted octanol–water partition coefficient (Wildman–Crippen LogP) is 3.04. The van der Waals surface area contributed by atoms with Gasteiger partial charge in [0.05, 0.1) is 0 Å². The summed E-state index contributed by atoms with van der Waals surface area (Å²) in [6.07, 6.45) is 4.86. The lowest BCUT2D eigenvalue weighted by Crippen LogP contribution is -2.39. The molecule has 0 N–H and O–H groups in total. The highest BCUT2D eigenvalue weighted by molar-refractivity contribution is 5.95. The monoisotopic (exact) mass is 335 g/mol. The van der Waals surface area contributed by atoms with E-state index in [9.17, 15) is 4.79 Å². The molecule has 4 heteroatoms. The van der Waals surface area contributed by atoms with Gasteiger partial charge in [0.25, 0.3) is 5.91 Å². The molecule has 0 spiro atoms. The number of aryl methyl sites for hydroxylation is 2. The second-order valence-corrected chi connectivity index (χ2v) is 7.55. The van der Waals surface area contributed by atoms with Crippen LogP contribution in [-0.2, 0) is 6.54 Å². The summed E-state index contributed by atoms with van der Waals surface area (Å²) < 4.78 is 0. The molecule has 0 aliphatic carbocycles. The second-order valence-electron chi connectivity index (χ2n) is 7.55. The number of carbonyl (C=O) groups excluding carboxylic acids is 1. The topological polar surface area (TPSA) is 36.4 Å². The minimum Gasteiger partial charge on any atom is -0.334 e. The smallest absolute Gasteiger partial charge is 0.254 e. The van der Waals surface area contributed by atoms with Crippen molar-refractivity contribution in [2.45, 2.75) is 32.9 Å². The summed E-state index contributed by atoms with van der Waals surface area (Å²) in [6, 6.07) is 10.6. The summed E-state index contributed by atoms with van der Waals surface area (Å²) in [6.45, 7) is 7.98. The fraction of sp³-hybridized carbons (Fsp3) is 0.429. The summed E-state index contributed by atoms with van der Waals surface area (Å²) in [5, 5.41) is 0. The molecule has 0 unspecified atom stereocenters. The van der Waals surface area contributed by atoms with Crippen LogP contribution in [0.3, 0.4) is 0 Å².